The molecule has 4 heteroatoms. The summed E-state index contributed by atoms with van der Waals surface area (Å²) in [4.78, 5) is 12.6. The number of carbonyl (C=O) groups excluding carboxylic acids is 1. The standard InChI is InChI=1S/C26H29NO3/c1-5-29-24-9-7-6-8-23(24)27-25(28)20-12-10-19(11-13-20)18-30-22-16-14-21(15-17-22)26(2,3)4/h6-17H,5,18H2,1-4H3,(H,27,28). The van der Waals surface area contributed by atoms with E-state index in [2.05, 4.69) is 38.2 Å². The molecule has 30 heavy (non-hydrogen) atoms. The van der Waals surface area contributed by atoms with Gasteiger partial charge >= 0.3 is 0 Å². The van der Waals surface area contributed by atoms with Crippen LogP contribution in [0.25, 0.3) is 0 Å². The largest absolute Gasteiger partial charge is 0.492 e. The van der Waals surface area contributed by atoms with E-state index in [1.165, 1.54) is 5.56 Å². The van der Waals surface area contributed by atoms with E-state index in [4.69, 9.17) is 9.47 Å². The van der Waals surface area contributed by atoms with Crippen molar-refractivity contribution in [2.24, 2.45) is 0 Å². The molecule has 3 aromatic rings. The quantitative estimate of drug-likeness (QED) is 0.510. The fourth-order valence-electron chi connectivity index (χ4n) is 3.02. The molecule has 1 N–H and O–H groups in total. The molecule has 3 aromatic carbocycles. The summed E-state index contributed by atoms with van der Waals surface area (Å²) in [6.07, 6.45) is 0. The van der Waals surface area contributed by atoms with Crippen molar-refractivity contribution in [2.45, 2.75) is 39.7 Å². The number of nitrogens with one attached hydrogen (secondary N) is 1. The minimum Gasteiger partial charge on any atom is -0.492 e. The maximum atomic E-state index is 12.6. The Balaban J connectivity index is 1.59. The van der Waals surface area contributed by atoms with E-state index in [1.54, 1.807) is 12.1 Å². The van der Waals surface area contributed by atoms with Gasteiger partial charge in [-0.25, -0.2) is 0 Å². The van der Waals surface area contributed by atoms with Crippen molar-refractivity contribution in [3.05, 3.63) is 89.5 Å². The fourth-order valence-corrected chi connectivity index (χ4v) is 3.02. The van der Waals surface area contributed by atoms with Crippen LogP contribution in [0.4, 0.5) is 5.69 Å². The van der Waals surface area contributed by atoms with Gasteiger partial charge < -0.3 is 14.8 Å². The number of rotatable bonds is 7. The van der Waals surface area contributed by atoms with Crippen LogP contribution in [0.2, 0.25) is 0 Å². The SMILES string of the molecule is CCOc1ccccc1NC(=O)c1ccc(COc2ccc(C(C)(C)C)cc2)cc1. The van der Waals surface area contributed by atoms with E-state index in [1.807, 2.05) is 55.5 Å². The van der Waals surface area contributed by atoms with Crippen LogP contribution in [0.3, 0.4) is 0 Å². The molecular formula is C26H29NO3. The molecule has 0 heterocycles. The number of benzene rings is 3. The first kappa shape index (κ1) is 21.4. The van der Waals surface area contributed by atoms with Crippen molar-refractivity contribution < 1.29 is 14.3 Å². The Hall–Kier alpha value is -3.27. The van der Waals surface area contributed by atoms with Gasteiger partial charge in [-0.2, -0.15) is 0 Å². The van der Waals surface area contributed by atoms with Crippen molar-refractivity contribution in [1.82, 2.24) is 0 Å². The maximum absolute atomic E-state index is 12.6. The second-order valence-electron chi connectivity index (χ2n) is 8.14. The maximum Gasteiger partial charge on any atom is 0.255 e. The van der Waals surface area contributed by atoms with Crippen molar-refractivity contribution in [1.29, 1.82) is 0 Å². The smallest absolute Gasteiger partial charge is 0.255 e. The highest BCUT2D eigenvalue weighted by Crippen LogP contribution is 2.25. The van der Waals surface area contributed by atoms with Crippen LogP contribution in [0.5, 0.6) is 11.5 Å². The summed E-state index contributed by atoms with van der Waals surface area (Å²) in [5.74, 6) is 1.32. The molecule has 4 nitrogen and oxygen atoms in total. The molecule has 0 atom stereocenters. The van der Waals surface area contributed by atoms with Gasteiger partial charge in [-0.3, -0.25) is 4.79 Å². The molecule has 0 aliphatic rings. The third kappa shape index (κ3) is 5.63. The summed E-state index contributed by atoms with van der Waals surface area (Å²) in [6.45, 7) is 9.48. The molecule has 0 aromatic heterocycles. The molecule has 0 bridgehead atoms. The molecule has 0 unspecified atom stereocenters. The lowest BCUT2D eigenvalue weighted by Gasteiger charge is -2.19. The Morgan fingerprint density at radius 1 is 0.867 bits per heavy atom. The van der Waals surface area contributed by atoms with Gasteiger partial charge in [0.1, 0.15) is 18.1 Å². The Kier molecular flexibility index (Phi) is 6.78. The summed E-state index contributed by atoms with van der Waals surface area (Å²) in [5, 5.41) is 2.91. The Bertz CT molecular complexity index is 970. The normalized spacial score (nSPS) is 11.1. The van der Waals surface area contributed by atoms with Gasteiger partial charge in [-0.05, 0) is 59.9 Å². The summed E-state index contributed by atoms with van der Waals surface area (Å²) < 4.78 is 11.4. The predicted octanol–water partition coefficient (Wildman–Crippen LogP) is 6.21. The zero-order chi connectivity index (χ0) is 21.6. The Morgan fingerprint density at radius 3 is 2.17 bits per heavy atom. The topological polar surface area (TPSA) is 47.6 Å². The molecule has 156 valence electrons. The summed E-state index contributed by atoms with van der Waals surface area (Å²) in [5.41, 5.74) is 3.64. The predicted molar refractivity (Wildman–Crippen MR) is 121 cm³/mol. The van der Waals surface area contributed by atoms with Gasteiger partial charge in [0.15, 0.2) is 0 Å². The average Bonchev–Trinajstić information content (AvgIpc) is 2.74. The van der Waals surface area contributed by atoms with Crippen LogP contribution < -0.4 is 14.8 Å². The van der Waals surface area contributed by atoms with E-state index >= 15 is 0 Å². The van der Waals surface area contributed by atoms with Gasteiger partial charge in [0.05, 0.1) is 12.3 Å². The highest BCUT2D eigenvalue weighted by Gasteiger charge is 2.13. The number of carbonyl (C=O) groups is 1. The number of hydrogen-bond donors (Lipinski definition) is 1. The summed E-state index contributed by atoms with van der Waals surface area (Å²) in [6, 6.07) is 23.0. The summed E-state index contributed by atoms with van der Waals surface area (Å²) in [7, 11) is 0. The lowest BCUT2D eigenvalue weighted by atomic mass is 9.87. The number of amides is 1. The number of para-hydroxylation sites is 2. The first-order chi connectivity index (χ1) is 14.4. The van der Waals surface area contributed by atoms with Gasteiger partial charge in [0.25, 0.3) is 5.91 Å². The number of anilines is 1. The zero-order valence-electron chi connectivity index (χ0n) is 18.1. The van der Waals surface area contributed by atoms with E-state index in [9.17, 15) is 4.79 Å². The second kappa shape index (κ2) is 9.49. The van der Waals surface area contributed by atoms with Crippen LogP contribution in [0.15, 0.2) is 72.8 Å². The lowest BCUT2D eigenvalue weighted by molar-refractivity contribution is 0.102. The highest BCUT2D eigenvalue weighted by atomic mass is 16.5. The van der Waals surface area contributed by atoms with Crippen LogP contribution >= 0.6 is 0 Å². The first-order valence-electron chi connectivity index (χ1n) is 10.2. The van der Waals surface area contributed by atoms with Crippen LogP contribution in [0.1, 0.15) is 49.2 Å². The summed E-state index contributed by atoms with van der Waals surface area (Å²) >= 11 is 0. The lowest BCUT2D eigenvalue weighted by Crippen LogP contribution is -2.13. The van der Waals surface area contributed by atoms with E-state index in [0.717, 1.165) is 11.3 Å². The van der Waals surface area contributed by atoms with Crippen molar-refractivity contribution in [3.63, 3.8) is 0 Å². The molecule has 0 aliphatic heterocycles. The molecule has 0 radical (unpaired) electrons. The third-order valence-electron chi connectivity index (χ3n) is 4.78. The number of hydrogen-bond acceptors (Lipinski definition) is 3. The Morgan fingerprint density at radius 2 is 1.53 bits per heavy atom. The van der Waals surface area contributed by atoms with Crippen LogP contribution in [0, 0.1) is 0 Å². The second-order valence-corrected chi connectivity index (χ2v) is 8.14. The van der Waals surface area contributed by atoms with Crippen molar-refractivity contribution >= 4 is 11.6 Å². The molecule has 0 aliphatic carbocycles. The van der Waals surface area contributed by atoms with Gasteiger partial charge in [-0.15, -0.1) is 0 Å². The first-order valence-corrected chi connectivity index (χ1v) is 10.2. The molecule has 0 saturated heterocycles. The molecule has 0 fully saturated rings. The third-order valence-corrected chi connectivity index (χ3v) is 4.78. The van der Waals surface area contributed by atoms with E-state index in [-0.39, 0.29) is 11.3 Å². The van der Waals surface area contributed by atoms with Crippen LogP contribution in [-0.2, 0) is 12.0 Å². The minimum absolute atomic E-state index is 0.123. The van der Waals surface area contributed by atoms with Crippen LogP contribution in [-0.4, -0.2) is 12.5 Å². The molecule has 1 amide bonds. The molecule has 0 spiro atoms. The highest BCUT2D eigenvalue weighted by molar-refractivity contribution is 6.05. The van der Waals surface area contributed by atoms with Crippen molar-refractivity contribution in [3.8, 4) is 11.5 Å². The number of ether oxygens (including phenoxy) is 2. The van der Waals surface area contributed by atoms with Crippen molar-refractivity contribution in [2.75, 3.05) is 11.9 Å². The average molecular weight is 404 g/mol. The molecule has 3 rings (SSSR count). The van der Waals surface area contributed by atoms with Gasteiger partial charge in [-0.1, -0.05) is 57.2 Å². The van der Waals surface area contributed by atoms with Gasteiger partial charge in [0, 0.05) is 5.56 Å². The molecular weight excluding hydrogens is 374 g/mol. The van der Waals surface area contributed by atoms with E-state index in [0.29, 0.717) is 30.2 Å². The zero-order valence-corrected chi connectivity index (χ0v) is 18.1. The fraction of sp³-hybridized carbons (Fsp3) is 0.269. The van der Waals surface area contributed by atoms with Gasteiger partial charge in [0.2, 0.25) is 0 Å². The Labute approximate surface area is 178 Å². The minimum atomic E-state index is -0.174. The monoisotopic (exact) mass is 403 g/mol. The molecule has 0 saturated carbocycles. The van der Waals surface area contributed by atoms with E-state index < -0.39 is 0 Å².